The molecule has 0 aliphatic carbocycles. The van der Waals surface area contributed by atoms with E-state index in [1.807, 2.05) is 42.5 Å². The number of hydrogen-bond acceptors (Lipinski definition) is 5. The second-order valence-corrected chi connectivity index (χ2v) is 5.82. The van der Waals surface area contributed by atoms with E-state index < -0.39 is 17.8 Å². The molecule has 1 amide bonds. The van der Waals surface area contributed by atoms with Crippen LogP contribution in [0.1, 0.15) is 17.0 Å². The number of carbonyl (C=O) groups excluding carboxylic acids is 1. The van der Waals surface area contributed by atoms with Crippen LogP contribution in [-0.2, 0) is 4.79 Å². The Morgan fingerprint density at radius 3 is 2.38 bits per heavy atom. The Kier molecular flexibility index (Phi) is 4.96. The highest BCUT2D eigenvalue weighted by atomic mass is 16.5. The van der Waals surface area contributed by atoms with Gasteiger partial charge in [0.2, 0.25) is 5.91 Å². The third-order valence-electron chi connectivity index (χ3n) is 4.43. The Bertz CT molecular complexity index is 911. The number of nitriles is 2. The number of nitrogens with zero attached hydrogens (tertiary/aromatic N) is 3. The number of rotatable bonds is 5. The van der Waals surface area contributed by atoms with Gasteiger partial charge in [0.15, 0.2) is 0 Å². The second-order valence-electron chi connectivity index (χ2n) is 5.82. The molecule has 26 heavy (non-hydrogen) atoms. The molecule has 0 radical (unpaired) electrons. The molecule has 1 N–H and O–H groups in total. The van der Waals surface area contributed by atoms with E-state index in [0.29, 0.717) is 17.0 Å². The van der Waals surface area contributed by atoms with Crippen LogP contribution in [0.25, 0.3) is 0 Å². The van der Waals surface area contributed by atoms with Gasteiger partial charge in [-0.15, -0.1) is 0 Å². The van der Waals surface area contributed by atoms with Gasteiger partial charge in [-0.1, -0.05) is 48.5 Å². The topological polar surface area (TPSA) is 98.3 Å². The highest BCUT2D eigenvalue weighted by Gasteiger charge is 2.43. The highest BCUT2D eigenvalue weighted by Crippen LogP contribution is 2.40. The van der Waals surface area contributed by atoms with Crippen LogP contribution < -0.4 is 10.2 Å². The van der Waals surface area contributed by atoms with Gasteiger partial charge in [0.25, 0.3) is 0 Å². The van der Waals surface area contributed by atoms with E-state index in [-0.39, 0.29) is 5.91 Å². The SMILES string of the molecule is COc1ccccc1C(C(C#N)C#N)C1C(=O)NN=C1c1ccccc1. The molecular formula is C20H16N4O2. The first kappa shape index (κ1) is 17.2. The minimum Gasteiger partial charge on any atom is -0.496 e. The van der Waals surface area contributed by atoms with Gasteiger partial charge in [-0.05, 0) is 11.6 Å². The average molecular weight is 344 g/mol. The fraction of sp³-hybridized carbons (Fsp3) is 0.200. The van der Waals surface area contributed by atoms with E-state index in [4.69, 9.17) is 4.74 Å². The van der Waals surface area contributed by atoms with Crippen molar-refractivity contribution >= 4 is 11.6 Å². The molecule has 0 fully saturated rings. The van der Waals surface area contributed by atoms with Crippen molar-refractivity contribution in [1.29, 1.82) is 10.5 Å². The maximum atomic E-state index is 12.6. The van der Waals surface area contributed by atoms with Crippen molar-refractivity contribution in [2.75, 3.05) is 7.11 Å². The monoisotopic (exact) mass is 344 g/mol. The molecule has 2 unspecified atom stereocenters. The molecular weight excluding hydrogens is 328 g/mol. The zero-order valence-electron chi connectivity index (χ0n) is 14.1. The molecule has 6 heteroatoms. The number of hydrogen-bond donors (Lipinski definition) is 1. The van der Waals surface area contributed by atoms with Gasteiger partial charge in [0, 0.05) is 11.5 Å². The van der Waals surface area contributed by atoms with Crippen LogP contribution >= 0.6 is 0 Å². The summed E-state index contributed by atoms with van der Waals surface area (Å²) in [6.07, 6.45) is 0. The lowest BCUT2D eigenvalue weighted by molar-refractivity contribution is -0.122. The lowest BCUT2D eigenvalue weighted by Crippen LogP contribution is -2.33. The molecule has 6 nitrogen and oxygen atoms in total. The van der Waals surface area contributed by atoms with Crippen molar-refractivity contribution in [1.82, 2.24) is 5.43 Å². The number of ether oxygens (including phenoxy) is 1. The van der Waals surface area contributed by atoms with Gasteiger partial charge in [-0.2, -0.15) is 15.6 Å². The van der Waals surface area contributed by atoms with E-state index in [1.54, 1.807) is 24.3 Å². The summed E-state index contributed by atoms with van der Waals surface area (Å²) in [5, 5.41) is 23.3. The number of hydrazone groups is 1. The third kappa shape index (κ3) is 3.01. The van der Waals surface area contributed by atoms with Crippen LogP contribution in [0, 0.1) is 34.5 Å². The molecule has 1 aliphatic rings. The predicted octanol–water partition coefficient (Wildman–Crippen LogP) is 2.59. The number of benzene rings is 2. The van der Waals surface area contributed by atoms with E-state index in [1.165, 1.54) is 7.11 Å². The van der Waals surface area contributed by atoms with E-state index in [2.05, 4.69) is 10.5 Å². The van der Waals surface area contributed by atoms with Crippen LogP contribution in [0.5, 0.6) is 5.75 Å². The van der Waals surface area contributed by atoms with Gasteiger partial charge in [-0.3, -0.25) is 4.79 Å². The molecule has 0 saturated heterocycles. The van der Waals surface area contributed by atoms with Gasteiger partial charge in [0.1, 0.15) is 11.7 Å². The van der Waals surface area contributed by atoms with Crippen LogP contribution in [0.2, 0.25) is 0 Å². The largest absolute Gasteiger partial charge is 0.496 e. The maximum Gasteiger partial charge on any atom is 0.250 e. The van der Waals surface area contributed by atoms with Crippen LogP contribution in [-0.4, -0.2) is 18.7 Å². The summed E-state index contributed by atoms with van der Waals surface area (Å²) in [5.41, 5.74) is 4.42. The number of para-hydroxylation sites is 1. The molecule has 2 atom stereocenters. The third-order valence-corrected chi connectivity index (χ3v) is 4.43. The van der Waals surface area contributed by atoms with Crippen molar-refractivity contribution in [3.05, 3.63) is 65.7 Å². The first-order chi connectivity index (χ1) is 12.7. The fourth-order valence-electron chi connectivity index (χ4n) is 3.25. The van der Waals surface area contributed by atoms with E-state index in [9.17, 15) is 15.3 Å². The molecule has 1 aliphatic heterocycles. The molecule has 0 aromatic heterocycles. The van der Waals surface area contributed by atoms with Gasteiger partial charge >= 0.3 is 0 Å². The standard InChI is InChI=1S/C20H16N4O2/c1-26-16-10-6-5-9-15(16)17(14(11-21)12-22)18-19(23-24-20(18)25)13-7-3-2-4-8-13/h2-10,14,17-18H,1H3,(H,24,25). The number of carbonyl (C=O) groups is 1. The summed E-state index contributed by atoms with van der Waals surface area (Å²) >= 11 is 0. The lowest BCUT2D eigenvalue weighted by atomic mass is 9.74. The molecule has 3 rings (SSSR count). The quantitative estimate of drug-likeness (QED) is 0.901. The smallest absolute Gasteiger partial charge is 0.250 e. The Hall–Kier alpha value is -3.64. The highest BCUT2D eigenvalue weighted by molar-refractivity contribution is 6.17. The second kappa shape index (κ2) is 7.50. The number of nitrogens with one attached hydrogen (secondary N) is 1. The summed E-state index contributed by atoms with van der Waals surface area (Å²) in [6, 6.07) is 20.4. The summed E-state index contributed by atoms with van der Waals surface area (Å²) < 4.78 is 5.41. The van der Waals surface area contributed by atoms with Gasteiger partial charge < -0.3 is 4.74 Å². The van der Waals surface area contributed by atoms with Crippen LogP contribution in [0.15, 0.2) is 59.7 Å². The normalized spacial score (nSPS) is 17.0. The fourth-order valence-corrected chi connectivity index (χ4v) is 3.25. The number of methoxy groups -OCH3 is 1. The van der Waals surface area contributed by atoms with Crippen molar-refractivity contribution in [3.8, 4) is 17.9 Å². The first-order valence-corrected chi connectivity index (χ1v) is 8.06. The maximum absolute atomic E-state index is 12.6. The molecule has 1 heterocycles. The number of amides is 1. The van der Waals surface area contributed by atoms with Crippen LogP contribution in [0.4, 0.5) is 0 Å². The minimum absolute atomic E-state index is 0.338. The molecule has 128 valence electrons. The Morgan fingerprint density at radius 2 is 1.73 bits per heavy atom. The predicted molar refractivity (Wildman–Crippen MR) is 95.1 cm³/mol. The Balaban J connectivity index is 2.15. The summed E-state index contributed by atoms with van der Waals surface area (Å²) in [5.74, 6) is -2.31. The molecule has 0 saturated carbocycles. The molecule has 0 bridgehead atoms. The van der Waals surface area contributed by atoms with E-state index >= 15 is 0 Å². The summed E-state index contributed by atoms with van der Waals surface area (Å²) in [7, 11) is 1.52. The van der Waals surface area contributed by atoms with Crippen molar-refractivity contribution in [3.63, 3.8) is 0 Å². The van der Waals surface area contributed by atoms with Crippen LogP contribution in [0.3, 0.4) is 0 Å². The average Bonchev–Trinajstić information content (AvgIpc) is 3.07. The first-order valence-electron chi connectivity index (χ1n) is 8.06. The summed E-state index contributed by atoms with van der Waals surface area (Å²) in [6.45, 7) is 0. The zero-order chi connectivity index (χ0) is 18.5. The Labute approximate surface area is 151 Å². The van der Waals surface area contributed by atoms with Crippen molar-refractivity contribution in [2.24, 2.45) is 16.9 Å². The Morgan fingerprint density at radius 1 is 1.08 bits per heavy atom. The minimum atomic E-state index is -1.03. The van der Waals surface area contributed by atoms with Crippen molar-refractivity contribution in [2.45, 2.75) is 5.92 Å². The molecule has 2 aromatic rings. The van der Waals surface area contributed by atoms with E-state index in [0.717, 1.165) is 5.56 Å². The van der Waals surface area contributed by atoms with Gasteiger partial charge in [0.05, 0.1) is 30.9 Å². The van der Waals surface area contributed by atoms with Gasteiger partial charge in [-0.25, -0.2) is 5.43 Å². The molecule has 2 aromatic carbocycles. The lowest BCUT2D eigenvalue weighted by Gasteiger charge is -2.25. The zero-order valence-corrected chi connectivity index (χ0v) is 14.1. The summed E-state index contributed by atoms with van der Waals surface area (Å²) in [4.78, 5) is 12.6. The molecule has 0 spiro atoms. The van der Waals surface area contributed by atoms with Crippen molar-refractivity contribution < 1.29 is 9.53 Å².